The zero-order valence-electron chi connectivity index (χ0n) is 24.0. The summed E-state index contributed by atoms with van der Waals surface area (Å²) >= 11 is 6.15. The van der Waals surface area contributed by atoms with Crippen molar-refractivity contribution < 1.29 is 32.6 Å². The van der Waals surface area contributed by atoms with E-state index >= 15 is 4.39 Å². The lowest BCUT2D eigenvalue weighted by atomic mass is 9.98. The van der Waals surface area contributed by atoms with Gasteiger partial charge in [0, 0.05) is 37.3 Å². The van der Waals surface area contributed by atoms with Crippen molar-refractivity contribution in [2.75, 3.05) is 18.9 Å². The molecule has 3 aromatic rings. The van der Waals surface area contributed by atoms with E-state index in [1.165, 1.54) is 36.2 Å². The number of nitrogens with one attached hydrogen (secondary N) is 1. The largest absolute Gasteiger partial charge is 0.457 e. The van der Waals surface area contributed by atoms with E-state index in [2.05, 4.69) is 5.32 Å². The molecule has 0 aromatic heterocycles. The third-order valence-corrected chi connectivity index (χ3v) is 6.80. The van der Waals surface area contributed by atoms with Gasteiger partial charge in [-0.05, 0) is 87.2 Å². The average molecular weight is 600 g/mol. The van der Waals surface area contributed by atoms with Crippen LogP contribution in [0.25, 0.3) is 0 Å². The highest BCUT2D eigenvalue weighted by atomic mass is 35.5. The van der Waals surface area contributed by atoms with Crippen LogP contribution in [0.15, 0.2) is 48.5 Å². The van der Waals surface area contributed by atoms with Gasteiger partial charge in [-0.1, -0.05) is 23.7 Å². The predicted octanol–water partition coefficient (Wildman–Crippen LogP) is 6.61. The van der Waals surface area contributed by atoms with Crippen LogP contribution >= 0.6 is 11.6 Å². The van der Waals surface area contributed by atoms with Gasteiger partial charge in [0.1, 0.15) is 28.7 Å². The van der Waals surface area contributed by atoms with Gasteiger partial charge in [-0.2, -0.15) is 0 Å². The molecule has 1 aliphatic heterocycles. The fourth-order valence-electron chi connectivity index (χ4n) is 4.43. The molecule has 0 fully saturated rings. The summed E-state index contributed by atoms with van der Waals surface area (Å²) in [6, 6.07) is 12.1. The highest BCUT2D eigenvalue weighted by molar-refractivity contribution is 6.39. The number of amides is 3. The first-order valence-electron chi connectivity index (χ1n) is 13.3. The maximum atomic E-state index is 15.3. The summed E-state index contributed by atoms with van der Waals surface area (Å²) in [5, 5.41) is 2.75. The summed E-state index contributed by atoms with van der Waals surface area (Å²) in [5.41, 5.74) is 1.12. The number of fused-ring (bicyclic) bond motifs is 1. The van der Waals surface area contributed by atoms with Crippen molar-refractivity contribution in [3.63, 3.8) is 0 Å². The van der Waals surface area contributed by atoms with E-state index in [1.54, 1.807) is 52.0 Å². The second-order valence-corrected chi connectivity index (χ2v) is 11.5. The Hall–Kier alpha value is -4.18. The normalized spacial score (nSPS) is 12.8. The molecule has 42 heavy (non-hydrogen) atoms. The van der Waals surface area contributed by atoms with Crippen molar-refractivity contribution in [3.8, 4) is 11.5 Å². The van der Waals surface area contributed by atoms with Crippen molar-refractivity contribution >= 4 is 35.2 Å². The van der Waals surface area contributed by atoms with Crippen LogP contribution < -0.4 is 10.1 Å². The number of carbonyl (C=O) groups excluding carboxylic acids is 3. The van der Waals surface area contributed by atoms with Gasteiger partial charge in [-0.25, -0.2) is 13.6 Å². The maximum absolute atomic E-state index is 15.3. The number of ether oxygens (including phenoxy) is 2. The molecule has 0 aliphatic carbocycles. The van der Waals surface area contributed by atoms with Crippen LogP contribution in [0.4, 0.5) is 19.3 Å². The number of hydrogen-bond acceptors (Lipinski definition) is 5. The van der Waals surface area contributed by atoms with Gasteiger partial charge in [0.2, 0.25) is 0 Å². The van der Waals surface area contributed by atoms with Crippen LogP contribution in [0, 0.1) is 18.6 Å². The number of rotatable bonds is 5. The maximum Gasteiger partial charge on any atom is 0.410 e. The van der Waals surface area contributed by atoms with E-state index < -0.39 is 29.3 Å². The molecule has 222 valence electrons. The predicted molar refractivity (Wildman–Crippen MR) is 155 cm³/mol. The molecule has 1 heterocycles. The fourth-order valence-corrected chi connectivity index (χ4v) is 4.59. The molecule has 0 bridgehead atoms. The first kappa shape index (κ1) is 30.8. The van der Waals surface area contributed by atoms with Gasteiger partial charge in [0.25, 0.3) is 0 Å². The van der Waals surface area contributed by atoms with E-state index in [-0.39, 0.29) is 37.6 Å². The minimum Gasteiger partial charge on any atom is -0.457 e. The fraction of sp³-hybridized carbons (Fsp3) is 0.323. The Morgan fingerprint density at radius 3 is 2.50 bits per heavy atom. The number of benzene rings is 3. The second-order valence-electron chi connectivity index (χ2n) is 11.1. The number of hydrogen-bond donors (Lipinski definition) is 1. The molecule has 11 heteroatoms. The van der Waals surface area contributed by atoms with Crippen LogP contribution in [0.3, 0.4) is 0 Å². The van der Waals surface area contributed by atoms with Crippen LogP contribution in [0.2, 0.25) is 5.02 Å². The zero-order valence-corrected chi connectivity index (χ0v) is 24.8. The average Bonchev–Trinajstić information content (AvgIpc) is 2.92. The monoisotopic (exact) mass is 599 g/mol. The van der Waals surface area contributed by atoms with E-state index in [9.17, 15) is 18.8 Å². The number of nitrogens with zero attached hydrogens (tertiary/aromatic N) is 2. The van der Waals surface area contributed by atoms with Gasteiger partial charge < -0.3 is 24.6 Å². The summed E-state index contributed by atoms with van der Waals surface area (Å²) < 4.78 is 40.3. The molecule has 0 unspecified atom stereocenters. The first-order valence-corrected chi connectivity index (χ1v) is 13.7. The van der Waals surface area contributed by atoms with Gasteiger partial charge in [0.05, 0.1) is 5.69 Å². The van der Waals surface area contributed by atoms with Crippen molar-refractivity contribution in [3.05, 3.63) is 87.4 Å². The third kappa shape index (κ3) is 7.36. The molecular formula is C31H32ClF2N3O5. The molecule has 0 spiro atoms. The van der Waals surface area contributed by atoms with Crippen LogP contribution in [0.5, 0.6) is 11.5 Å². The molecule has 0 atom stereocenters. The first-order chi connectivity index (χ1) is 19.7. The van der Waals surface area contributed by atoms with E-state index in [4.69, 9.17) is 21.1 Å². The van der Waals surface area contributed by atoms with Crippen LogP contribution in [-0.2, 0) is 33.8 Å². The van der Waals surface area contributed by atoms with Gasteiger partial charge in [-0.15, -0.1) is 0 Å². The Bertz CT molecular complexity index is 1540. The Kier molecular flexibility index (Phi) is 9.06. The highest BCUT2D eigenvalue weighted by Gasteiger charge is 2.29. The molecule has 1 N–H and O–H groups in total. The molecule has 4 rings (SSSR count). The number of halogens is 3. The standard InChI is InChI=1S/C31H32ClF2N3O5/c1-18-14-22(9-10-24(18)33)41-26-15-21(32)8-6-20(26)16-36(5)29(39)28(38)35-25-11-7-19-17-37(13-12-23(19)27(25)34)30(40)42-31(2,3)4/h6-11,14-15H,12-13,16-17H2,1-5H3,(H,35,38). The molecule has 8 nitrogen and oxygen atoms in total. The summed E-state index contributed by atoms with van der Waals surface area (Å²) in [6.07, 6.45) is -0.258. The molecule has 3 amide bonds. The van der Waals surface area contributed by atoms with Gasteiger partial charge in [-0.3, -0.25) is 9.59 Å². The molecule has 3 aromatic carbocycles. The lowest BCUT2D eigenvalue weighted by Crippen LogP contribution is -2.40. The minimum absolute atomic E-state index is 0.0217. The second kappa shape index (κ2) is 12.4. The van der Waals surface area contributed by atoms with Gasteiger partial charge in [0.15, 0.2) is 0 Å². The summed E-state index contributed by atoms with van der Waals surface area (Å²) in [7, 11) is 1.43. The topological polar surface area (TPSA) is 88.2 Å². The number of anilines is 1. The van der Waals surface area contributed by atoms with Crippen LogP contribution in [0.1, 0.15) is 43.0 Å². The van der Waals surface area contributed by atoms with Crippen LogP contribution in [-0.4, -0.2) is 46.9 Å². The van der Waals surface area contributed by atoms with E-state index in [1.807, 2.05) is 0 Å². The summed E-state index contributed by atoms with van der Waals surface area (Å²) in [4.78, 5) is 40.8. The number of carbonyl (C=O) groups is 3. The molecule has 1 aliphatic rings. The van der Waals surface area contributed by atoms with Gasteiger partial charge >= 0.3 is 17.9 Å². The van der Waals surface area contributed by atoms with Crippen molar-refractivity contribution in [2.45, 2.75) is 52.8 Å². The molecule has 0 radical (unpaired) electrons. The summed E-state index contributed by atoms with van der Waals surface area (Å²) in [6.45, 7) is 7.32. The number of likely N-dealkylation sites (N-methyl/N-ethyl adjacent to an activating group) is 1. The zero-order chi connectivity index (χ0) is 30.8. The number of aryl methyl sites for hydroxylation is 1. The SMILES string of the molecule is Cc1cc(Oc2cc(Cl)ccc2CN(C)C(=O)C(=O)Nc2ccc3c(c2F)CCN(C(=O)OC(C)(C)C)C3)ccc1F. The molecule has 0 saturated carbocycles. The smallest absolute Gasteiger partial charge is 0.410 e. The van der Waals surface area contributed by atoms with E-state index in [0.717, 1.165) is 4.90 Å². The quantitative estimate of drug-likeness (QED) is 0.334. The van der Waals surface area contributed by atoms with Crippen molar-refractivity contribution in [1.29, 1.82) is 0 Å². The molecule has 0 saturated heterocycles. The minimum atomic E-state index is -1.02. The molecular weight excluding hydrogens is 568 g/mol. The lowest BCUT2D eigenvalue weighted by Gasteiger charge is -2.31. The lowest BCUT2D eigenvalue weighted by molar-refractivity contribution is -0.142. The Morgan fingerprint density at radius 2 is 1.81 bits per heavy atom. The van der Waals surface area contributed by atoms with Crippen molar-refractivity contribution in [1.82, 2.24) is 9.80 Å². The Labute approximate surface area is 248 Å². The highest BCUT2D eigenvalue weighted by Crippen LogP contribution is 2.31. The Morgan fingerprint density at radius 1 is 1.07 bits per heavy atom. The Balaban J connectivity index is 1.43. The van der Waals surface area contributed by atoms with Crippen molar-refractivity contribution in [2.24, 2.45) is 0 Å². The third-order valence-electron chi connectivity index (χ3n) is 6.57. The van der Waals surface area contributed by atoms with E-state index in [0.29, 0.717) is 38.8 Å². The summed E-state index contributed by atoms with van der Waals surface area (Å²) in [5.74, 6) is -2.24.